The second kappa shape index (κ2) is 7.92. The lowest BCUT2D eigenvalue weighted by Crippen LogP contribution is -2.65. The van der Waals surface area contributed by atoms with Gasteiger partial charge >= 0.3 is 0 Å². The van der Waals surface area contributed by atoms with Gasteiger partial charge in [0.2, 0.25) is 5.91 Å². The Morgan fingerprint density at radius 2 is 1.68 bits per heavy atom. The van der Waals surface area contributed by atoms with Crippen LogP contribution in [0.2, 0.25) is 0 Å². The van der Waals surface area contributed by atoms with Gasteiger partial charge in [-0.2, -0.15) is 0 Å². The van der Waals surface area contributed by atoms with E-state index in [9.17, 15) is 4.79 Å². The third-order valence-electron chi connectivity index (χ3n) is 6.46. The normalized spacial score (nSPS) is 19.5. The Hall–Kier alpha value is -2.40. The number of benzene rings is 1. The van der Waals surface area contributed by atoms with Crippen molar-refractivity contribution in [2.45, 2.75) is 19.3 Å². The predicted molar refractivity (Wildman–Crippen MR) is 112 cm³/mol. The fourth-order valence-electron chi connectivity index (χ4n) is 4.43. The van der Waals surface area contributed by atoms with Crippen LogP contribution in [0.5, 0.6) is 0 Å². The maximum absolute atomic E-state index is 12.8. The van der Waals surface area contributed by atoms with Crippen LogP contribution >= 0.6 is 0 Å². The highest BCUT2D eigenvalue weighted by atomic mass is 16.2. The highest BCUT2D eigenvalue weighted by Crippen LogP contribution is 2.41. The smallest absolute Gasteiger partial charge is 0.236 e. The molecular formula is C23H30N4O. The fraction of sp³-hybridized carbons (Fsp3) is 0.478. The van der Waals surface area contributed by atoms with Gasteiger partial charge in [0.05, 0.1) is 6.54 Å². The first kappa shape index (κ1) is 18.9. The monoisotopic (exact) mass is 378 g/mol. The van der Waals surface area contributed by atoms with Crippen LogP contribution in [0.25, 0.3) is 0 Å². The minimum atomic E-state index is 0.106. The standard InChI is InChI=1S/C23H30N4O/c1-19(2)23(20-8-4-3-5-9-20)17-27(18-23)22(28)16-25-12-14-26(15-13-25)21-10-6-7-11-24-21/h3-11,19H,12-18H2,1-2H3. The van der Waals surface area contributed by atoms with Crippen molar-refractivity contribution in [2.75, 3.05) is 50.7 Å². The summed E-state index contributed by atoms with van der Waals surface area (Å²) < 4.78 is 0. The maximum atomic E-state index is 12.8. The molecule has 1 aromatic heterocycles. The molecule has 2 aromatic rings. The zero-order valence-electron chi connectivity index (χ0n) is 16.9. The van der Waals surface area contributed by atoms with Crippen LogP contribution < -0.4 is 4.90 Å². The van der Waals surface area contributed by atoms with E-state index < -0.39 is 0 Å². The summed E-state index contributed by atoms with van der Waals surface area (Å²) in [6.45, 7) is 10.4. The van der Waals surface area contributed by atoms with Crippen LogP contribution in [-0.2, 0) is 10.2 Å². The summed E-state index contributed by atoms with van der Waals surface area (Å²) in [7, 11) is 0. The van der Waals surface area contributed by atoms with Crippen LogP contribution in [-0.4, -0.2) is 66.5 Å². The van der Waals surface area contributed by atoms with E-state index in [0.29, 0.717) is 12.5 Å². The number of anilines is 1. The summed E-state index contributed by atoms with van der Waals surface area (Å²) in [6.07, 6.45) is 1.84. The zero-order valence-corrected chi connectivity index (χ0v) is 16.9. The molecule has 1 aromatic carbocycles. The lowest BCUT2D eigenvalue weighted by atomic mass is 9.66. The first-order valence-electron chi connectivity index (χ1n) is 10.3. The second-order valence-electron chi connectivity index (χ2n) is 8.38. The van der Waals surface area contributed by atoms with Crippen molar-refractivity contribution < 1.29 is 4.79 Å². The number of amides is 1. The first-order valence-corrected chi connectivity index (χ1v) is 10.3. The molecular weight excluding hydrogens is 348 g/mol. The summed E-state index contributed by atoms with van der Waals surface area (Å²) in [4.78, 5) is 23.9. The summed E-state index contributed by atoms with van der Waals surface area (Å²) in [5.41, 5.74) is 1.47. The maximum Gasteiger partial charge on any atom is 0.236 e. The van der Waals surface area contributed by atoms with Gasteiger partial charge in [0.15, 0.2) is 0 Å². The molecule has 0 atom stereocenters. The number of nitrogens with zero attached hydrogens (tertiary/aromatic N) is 4. The molecule has 2 aliphatic heterocycles. The van der Waals surface area contributed by atoms with Gasteiger partial charge in [-0.05, 0) is 23.6 Å². The van der Waals surface area contributed by atoms with Gasteiger partial charge in [0.1, 0.15) is 5.82 Å². The molecule has 5 nitrogen and oxygen atoms in total. The van der Waals surface area contributed by atoms with Gasteiger partial charge in [-0.25, -0.2) is 4.98 Å². The Balaban J connectivity index is 1.30. The van der Waals surface area contributed by atoms with E-state index in [-0.39, 0.29) is 11.3 Å². The summed E-state index contributed by atoms with van der Waals surface area (Å²) in [5.74, 6) is 1.81. The van der Waals surface area contributed by atoms with Crippen LogP contribution in [0.15, 0.2) is 54.7 Å². The van der Waals surface area contributed by atoms with Crippen LogP contribution in [0.3, 0.4) is 0 Å². The Labute approximate surface area is 168 Å². The molecule has 0 bridgehead atoms. The fourth-order valence-corrected chi connectivity index (χ4v) is 4.43. The van der Waals surface area contributed by atoms with E-state index in [2.05, 4.69) is 65.0 Å². The van der Waals surface area contributed by atoms with E-state index in [1.807, 2.05) is 23.2 Å². The predicted octanol–water partition coefficient (Wildman–Crippen LogP) is 2.64. The molecule has 2 saturated heterocycles. The number of carbonyl (C=O) groups is 1. The molecule has 0 unspecified atom stereocenters. The van der Waals surface area contributed by atoms with Crippen LogP contribution in [0.4, 0.5) is 5.82 Å². The molecule has 3 heterocycles. The summed E-state index contributed by atoms with van der Waals surface area (Å²) in [6, 6.07) is 16.7. The van der Waals surface area contributed by atoms with Crippen LogP contribution in [0, 0.1) is 5.92 Å². The lowest BCUT2D eigenvalue weighted by molar-refractivity contribution is -0.142. The Morgan fingerprint density at radius 3 is 2.29 bits per heavy atom. The van der Waals surface area contributed by atoms with Gasteiger partial charge < -0.3 is 9.80 Å². The van der Waals surface area contributed by atoms with Crippen molar-refractivity contribution >= 4 is 11.7 Å². The van der Waals surface area contributed by atoms with Crippen molar-refractivity contribution in [1.82, 2.24) is 14.8 Å². The van der Waals surface area contributed by atoms with Crippen molar-refractivity contribution in [2.24, 2.45) is 5.92 Å². The Kier molecular flexibility index (Phi) is 5.36. The second-order valence-corrected chi connectivity index (χ2v) is 8.38. The Bertz CT molecular complexity index is 779. The molecule has 0 radical (unpaired) electrons. The molecule has 28 heavy (non-hydrogen) atoms. The number of likely N-dealkylation sites (tertiary alicyclic amines) is 1. The van der Waals surface area contributed by atoms with Gasteiger partial charge in [0, 0.05) is 50.9 Å². The van der Waals surface area contributed by atoms with Gasteiger partial charge in [0.25, 0.3) is 0 Å². The SMILES string of the molecule is CC(C)C1(c2ccccc2)CN(C(=O)CN2CCN(c3ccccn3)CC2)C1. The average molecular weight is 379 g/mol. The average Bonchev–Trinajstić information content (AvgIpc) is 2.69. The number of pyridine rings is 1. The number of rotatable bonds is 5. The summed E-state index contributed by atoms with van der Waals surface area (Å²) >= 11 is 0. The van der Waals surface area contributed by atoms with Crippen molar-refractivity contribution in [1.29, 1.82) is 0 Å². The quantitative estimate of drug-likeness (QED) is 0.802. The molecule has 148 valence electrons. The van der Waals surface area contributed by atoms with E-state index in [1.165, 1.54) is 5.56 Å². The van der Waals surface area contributed by atoms with Crippen molar-refractivity contribution in [3.8, 4) is 0 Å². The number of piperazine rings is 1. The molecule has 0 N–H and O–H groups in total. The number of hydrogen-bond donors (Lipinski definition) is 0. The highest BCUT2D eigenvalue weighted by molar-refractivity contribution is 5.80. The Morgan fingerprint density at radius 1 is 1.00 bits per heavy atom. The molecule has 0 aliphatic carbocycles. The molecule has 0 saturated carbocycles. The number of hydrogen-bond acceptors (Lipinski definition) is 4. The topological polar surface area (TPSA) is 39.7 Å². The molecule has 2 fully saturated rings. The highest BCUT2D eigenvalue weighted by Gasteiger charge is 2.48. The molecule has 5 heteroatoms. The molecule has 0 spiro atoms. The van der Waals surface area contributed by atoms with E-state index in [1.54, 1.807) is 0 Å². The first-order chi connectivity index (χ1) is 13.6. The largest absolute Gasteiger partial charge is 0.354 e. The van der Waals surface area contributed by atoms with Crippen molar-refractivity contribution in [3.05, 3.63) is 60.3 Å². The van der Waals surface area contributed by atoms with Gasteiger partial charge in [-0.1, -0.05) is 50.2 Å². The lowest BCUT2D eigenvalue weighted by Gasteiger charge is -2.53. The van der Waals surface area contributed by atoms with Crippen LogP contribution in [0.1, 0.15) is 19.4 Å². The minimum absolute atomic E-state index is 0.106. The summed E-state index contributed by atoms with van der Waals surface area (Å²) in [5, 5.41) is 0. The van der Waals surface area contributed by atoms with Crippen molar-refractivity contribution in [3.63, 3.8) is 0 Å². The molecule has 4 rings (SSSR count). The van der Waals surface area contributed by atoms with E-state index in [0.717, 1.165) is 45.1 Å². The number of carbonyl (C=O) groups excluding carboxylic acids is 1. The zero-order chi connectivity index (χ0) is 19.6. The third kappa shape index (κ3) is 3.63. The third-order valence-corrected chi connectivity index (χ3v) is 6.46. The van der Waals surface area contributed by atoms with E-state index >= 15 is 0 Å². The minimum Gasteiger partial charge on any atom is -0.354 e. The van der Waals surface area contributed by atoms with Gasteiger partial charge in [-0.3, -0.25) is 9.69 Å². The van der Waals surface area contributed by atoms with Gasteiger partial charge in [-0.15, -0.1) is 0 Å². The number of aromatic nitrogens is 1. The van der Waals surface area contributed by atoms with E-state index in [4.69, 9.17) is 0 Å². The molecule has 1 amide bonds. The molecule has 2 aliphatic rings.